The molecule has 1 amide bonds. The topological polar surface area (TPSA) is 51.1 Å². The number of aromatic nitrogens is 1. The molecule has 0 aliphatic heterocycles. The molecule has 1 heterocycles. The first-order valence-electron chi connectivity index (χ1n) is 6.19. The molecule has 0 aliphatic carbocycles. The van der Waals surface area contributed by atoms with E-state index in [1.54, 1.807) is 19.3 Å². The van der Waals surface area contributed by atoms with Gasteiger partial charge in [0.15, 0.2) is 0 Å². The molecule has 2 rings (SSSR count). The number of pyridine rings is 1. The Morgan fingerprint density at radius 2 is 2.00 bits per heavy atom. The van der Waals surface area contributed by atoms with Crippen LogP contribution < -0.4 is 10.9 Å². The van der Waals surface area contributed by atoms with Crippen LogP contribution in [-0.2, 0) is 19.5 Å². The Bertz CT molecular complexity index is 680. The van der Waals surface area contributed by atoms with Crippen LogP contribution in [0.25, 0.3) is 0 Å². The minimum atomic E-state index is -0.265. The van der Waals surface area contributed by atoms with E-state index in [-0.39, 0.29) is 11.5 Å². The normalized spacial score (nSPS) is 10.3. The number of nitrogens with zero attached hydrogens (tertiary/aromatic N) is 1. The van der Waals surface area contributed by atoms with E-state index in [0.29, 0.717) is 18.0 Å². The summed E-state index contributed by atoms with van der Waals surface area (Å²) in [5.41, 5.74) is 2.13. The lowest BCUT2D eigenvalue weighted by atomic mass is 10.1. The van der Waals surface area contributed by atoms with Crippen LogP contribution in [0.5, 0.6) is 0 Å². The molecule has 0 fully saturated rings. The molecule has 0 atom stereocenters. The predicted octanol–water partition coefficient (Wildman–Crippen LogP) is 2.05. The highest BCUT2D eigenvalue weighted by Crippen LogP contribution is 2.07. The van der Waals surface area contributed by atoms with Crippen molar-refractivity contribution >= 4 is 17.5 Å². The Labute approximate surface area is 122 Å². The standard InChI is InChI=1S/C15H15ClN2O2/c1-18-6-5-13(8-14(18)19)15(20)17-10-12-4-2-3-11(7-12)9-16/h2-8H,9-10H2,1H3,(H,17,20). The first-order valence-corrected chi connectivity index (χ1v) is 6.72. The molecule has 1 aromatic carbocycles. The number of hydrogen-bond acceptors (Lipinski definition) is 2. The van der Waals surface area contributed by atoms with Crippen LogP contribution in [0, 0.1) is 0 Å². The van der Waals surface area contributed by atoms with Gasteiger partial charge in [0.25, 0.3) is 11.5 Å². The number of alkyl halides is 1. The Balaban J connectivity index is 2.04. The molecule has 0 radical (unpaired) electrons. The first-order chi connectivity index (χ1) is 9.60. The van der Waals surface area contributed by atoms with Crippen LogP contribution in [0.15, 0.2) is 47.4 Å². The molecule has 0 aliphatic rings. The molecule has 1 aromatic heterocycles. The molecule has 20 heavy (non-hydrogen) atoms. The molecule has 5 heteroatoms. The zero-order valence-corrected chi connectivity index (χ0v) is 11.9. The summed E-state index contributed by atoms with van der Waals surface area (Å²) in [5.74, 6) is 0.176. The summed E-state index contributed by atoms with van der Waals surface area (Å²) >= 11 is 5.77. The number of carbonyl (C=O) groups excluding carboxylic acids is 1. The molecule has 104 valence electrons. The first kappa shape index (κ1) is 14.3. The van der Waals surface area contributed by atoms with Crippen molar-refractivity contribution in [3.8, 4) is 0 Å². The lowest BCUT2D eigenvalue weighted by Gasteiger charge is -2.07. The number of nitrogens with one attached hydrogen (secondary N) is 1. The molecule has 4 nitrogen and oxygen atoms in total. The van der Waals surface area contributed by atoms with Crippen LogP contribution in [-0.4, -0.2) is 10.5 Å². The van der Waals surface area contributed by atoms with Gasteiger partial charge in [-0.1, -0.05) is 24.3 Å². The van der Waals surface area contributed by atoms with E-state index in [4.69, 9.17) is 11.6 Å². The molecule has 0 saturated heterocycles. The monoisotopic (exact) mass is 290 g/mol. The molecule has 0 spiro atoms. The fourth-order valence-electron chi connectivity index (χ4n) is 1.80. The Kier molecular flexibility index (Phi) is 4.58. The highest BCUT2D eigenvalue weighted by atomic mass is 35.5. The van der Waals surface area contributed by atoms with E-state index >= 15 is 0 Å². The van der Waals surface area contributed by atoms with Gasteiger partial charge in [-0.15, -0.1) is 11.6 Å². The largest absolute Gasteiger partial charge is 0.348 e. The van der Waals surface area contributed by atoms with E-state index < -0.39 is 0 Å². The minimum absolute atomic E-state index is 0.207. The van der Waals surface area contributed by atoms with Gasteiger partial charge < -0.3 is 9.88 Å². The summed E-state index contributed by atoms with van der Waals surface area (Å²) in [6, 6.07) is 10.6. The summed E-state index contributed by atoms with van der Waals surface area (Å²) in [6.07, 6.45) is 1.57. The maximum absolute atomic E-state index is 12.0. The fourth-order valence-corrected chi connectivity index (χ4v) is 1.96. The molecule has 2 aromatic rings. The van der Waals surface area contributed by atoms with E-state index in [1.807, 2.05) is 24.3 Å². The average molecular weight is 291 g/mol. The van der Waals surface area contributed by atoms with Gasteiger partial charge in [-0.25, -0.2) is 0 Å². The highest BCUT2D eigenvalue weighted by molar-refractivity contribution is 6.17. The third kappa shape index (κ3) is 3.48. The maximum Gasteiger partial charge on any atom is 0.251 e. The second-order valence-electron chi connectivity index (χ2n) is 4.50. The Morgan fingerprint density at radius 1 is 1.25 bits per heavy atom. The lowest BCUT2D eigenvalue weighted by Crippen LogP contribution is -2.25. The number of aryl methyl sites for hydroxylation is 1. The lowest BCUT2D eigenvalue weighted by molar-refractivity contribution is 0.0950. The van der Waals surface area contributed by atoms with Crippen LogP contribution in [0.1, 0.15) is 21.5 Å². The molecule has 0 unspecified atom stereocenters. The second-order valence-corrected chi connectivity index (χ2v) is 4.77. The Morgan fingerprint density at radius 3 is 2.70 bits per heavy atom. The zero-order chi connectivity index (χ0) is 14.5. The van der Waals surface area contributed by atoms with Crippen molar-refractivity contribution in [1.82, 2.24) is 9.88 Å². The molecule has 1 N–H and O–H groups in total. The van der Waals surface area contributed by atoms with E-state index in [1.165, 1.54) is 10.6 Å². The van der Waals surface area contributed by atoms with E-state index in [0.717, 1.165) is 11.1 Å². The van der Waals surface area contributed by atoms with Crippen LogP contribution in [0.4, 0.5) is 0 Å². The molecule has 0 saturated carbocycles. The van der Waals surface area contributed by atoms with Crippen LogP contribution in [0.2, 0.25) is 0 Å². The van der Waals surface area contributed by atoms with Gasteiger partial charge in [0.1, 0.15) is 0 Å². The van der Waals surface area contributed by atoms with Gasteiger partial charge in [-0.3, -0.25) is 9.59 Å². The SMILES string of the molecule is Cn1ccc(C(=O)NCc2cccc(CCl)c2)cc1=O. The van der Waals surface area contributed by atoms with Crippen molar-refractivity contribution < 1.29 is 4.79 Å². The second kappa shape index (κ2) is 6.39. The third-order valence-electron chi connectivity index (χ3n) is 2.97. The summed E-state index contributed by atoms with van der Waals surface area (Å²) in [7, 11) is 1.64. The summed E-state index contributed by atoms with van der Waals surface area (Å²) in [5, 5.41) is 2.78. The third-order valence-corrected chi connectivity index (χ3v) is 3.27. The van der Waals surface area contributed by atoms with Crippen molar-refractivity contribution in [3.05, 3.63) is 69.6 Å². The van der Waals surface area contributed by atoms with Gasteiger partial charge in [0.05, 0.1) is 0 Å². The summed E-state index contributed by atoms with van der Waals surface area (Å²) < 4.78 is 1.42. The van der Waals surface area contributed by atoms with Crippen molar-refractivity contribution in [2.24, 2.45) is 7.05 Å². The summed E-state index contributed by atoms with van der Waals surface area (Å²) in [4.78, 5) is 23.4. The Hall–Kier alpha value is -2.07. The number of amides is 1. The van der Waals surface area contributed by atoms with Gasteiger partial charge in [-0.05, 0) is 17.2 Å². The van der Waals surface area contributed by atoms with Gasteiger partial charge in [-0.2, -0.15) is 0 Å². The smallest absolute Gasteiger partial charge is 0.251 e. The molecular formula is C15H15ClN2O2. The molecule has 0 bridgehead atoms. The predicted molar refractivity (Wildman–Crippen MR) is 78.9 cm³/mol. The maximum atomic E-state index is 12.0. The molecular weight excluding hydrogens is 276 g/mol. The fraction of sp³-hybridized carbons (Fsp3) is 0.200. The van der Waals surface area contributed by atoms with Crippen molar-refractivity contribution in [2.75, 3.05) is 0 Å². The van der Waals surface area contributed by atoms with Crippen molar-refractivity contribution in [3.63, 3.8) is 0 Å². The van der Waals surface area contributed by atoms with Gasteiger partial charge >= 0.3 is 0 Å². The quantitative estimate of drug-likeness (QED) is 0.876. The van der Waals surface area contributed by atoms with Crippen molar-refractivity contribution in [1.29, 1.82) is 0 Å². The number of halogens is 1. The average Bonchev–Trinajstić information content (AvgIpc) is 2.47. The summed E-state index contributed by atoms with van der Waals surface area (Å²) in [6.45, 7) is 0.402. The van der Waals surface area contributed by atoms with E-state index in [9.17, 15) is 9.59 Å². The number of rotatable bonds is 4. The minimum Gasteiger partial charge on any atom is -0.348 e. The number of hydrogen-bond donors (Lipinski definition) is 1. The number of carbonyl (C=O) groups is 1. The van der Waals surface area contributed by atoms with Crippen molar-refractivity contribution in [2.45, 2.75) is 12.4 Å². The van der Waals surface area contributed by atoms with Crippen LogP contribution in [0.3, 0.4) is 0 Å². The van der Waals surface area contributed by atoms with Gasteiger partial charge in [0.2, 0.25) is 0 Å². The zero-order valence-electron chi connectivity index (χ0n) is 11.1. The number of benzene rings is 1. The highest BCUT2D eigenvalue weighted by Gasteiger charge is 2.06. The van der Waals surface area contributed by atoms with Crippen LogP contribution >= 0.6 is 11.6 Å². The van der Waals surface area contributed by atoms with Gasteiger partial charge in [0, 0.05) is 37.3 Å². The van der Waals surface area contributed by atoms with E-state index in [2.05, 4.69) is 5.32 Å².